The summed E-state index contributed by atoms with van der Waals surface area (Å²) in [6.07, 6.45) is 2.54. The van der Waals surface area contributed by atoms with Gasteiger partial charge in [-0.3, -0.25) is 9.69 Å². The number of fused-ring (bicyclic) bond motifs is 3. The van der Waals surface area contributed by atoms with Crippen LogP contribution in [0.25, 0.3) is 6.08 Å². The van der Waals surface area contributed by atoms with Crippen molar-refractivity contribution in [2.24, 2.45) is 0 Å². The number of Topliss-reactive ketones (excluding diaryl/α,β-unsaturated/α-hetero) is 1. The largest absolute Gasteiger partial charge is 0.493 e. The molecule has 0 radical (unpaired) electrons. The van der Waals surface area contributed by atoms with E-state index in [1.807, 2.05) is 30.3 Å². The molecule has 0 unspecified atom stereocenters. The van der Waals surface area contributed by atoms with E-state index in [1.165, 1.54) is 5.56 Å². The lowest BCUT2D eigenvalue weighted by Gasteiger charge is -2.29. The summed E-state index contributed by atoms with van der Waals surface area (Å²) in [6.45, 7) is 1.89. The Morgan fingerprint density at radius 3 is 2.39 bits per heavy atom. The first-order chi connectivity index (χ1) is 17.5. The van der Waals surface area contributed by atoms with Crippen LogP contribution in [0.15, 0.2) is 54.3 Å². The molecule has 8 heteroatoms. The SMILES string of the molecule is COc1cc(/C=C2\Oc3c(ccc4c3CN(CCc3ccc(Cl)cc3)CO4)C2=O)cc(OC)c1OC. The Morgan fingerprint density at radius 1 is 1.00 bits per heavy atom. The average molecular weight is 508 g/mol. The van der Waals surface area contributed by atoms with Crippen molar-refractivity contribution >= 4 is 23.5 Å². The van der Waals surface area contributed by atoms with E-state index in [1.54, 1.807) is 45.6 Å². The summed E-state index contributed by atoms with van der Waals surface area (Å²) in [5, 5.41) is 0.724. The smallest absolute Gasteiger partial charge is 0.231 e. The predicted octanol–water partition coefficient (Wildman–Crippen LogP) is 5.38. The number of hydrogen-bond donors (Lipinski definition) is 0. The van der Waals surface area contributed by atoms with E-state index in [2.05, 4.69) is 4.90 Å². The van der Waals surface area contributed by atoms with Gasteiger partial charge in [-0.1, -0.05) is 23.7 Å². The van der Waals surface area contributed by atoms with Crippen LogP contribution in [0.1, 0.15) is 27.0 Å². The second-order valence-corrected chi connectivity index (χ2v) is 8.96. The van der Waals surface area contributed by atoms with E-state index in [0.29, 0.717) is 47.4 Å². The maximum atomic E-state index is 13.2. The monoisotopic (exact) mass is 507 g/mol. The van der Waals surface area contributed by atoms with Gasteiger partial charge in [0, 0.05) is 18.1 Å². The number of benzene rings is 3. The average Bonchev–Trinajstić information content (AvgIpc) is 3.22. The van der Waals surface area contributed by atoms with E-state index >= 15 is 0 Å². The minimum atomic E-state index is -0.181. The van der Waals surface area contributed by atoms with E-state index in [-0.39, 0.29) is 11.5 Å². The van der Waals surface area contributed by atoms with Gasteiger partial charge in [-0.25, -0.2) is 0 Å². The molecule has 0 fully saturated rings. The fraction of sp³-hybridized carbons (Fsp3) is 0.250. The van der Waals surface area contributed by atoms with Crippen molar-refractivity contribution < 1.29 is 28.5 Å². The number of allylic oxidation sites excluding steroid dienone is 1. The molecule has 0 aromatic heterocycles. The molecular weight excluding hydrogens is 482 g/mol. The third kappa shape index (κ3) is 4.59. The molecule has 3 aromatic rings. The summed E-state index contributed by atoms with van der Waals surface area (Å²) in [6, 6.07) is 15.0. The van der Waals surface area contributed by atoms with Crippen LogP contribution in [-0.2, 0) is 13.0 Å². The fourth-order valence-electron chi connectivity index (χ4n) is 4.42. The van der Waals surface area contributed by atoms with Gasteiger partial charge < -0.3 is 23.7 Å². The Hall–Kier alpha value is -3.68. The zero-order valence-electron chi connectivity index (χ0n) is 20.3. The molecule has 0 saturated carbocycles. The number of nitrogens with zero attached hydrogens (tertiary/aromatic N) is 1. The number of ether oxygens (including phenoxy) is 5. The number of methoxy groups -OCH3 is 3. The molecule has 0 amide bonds. The van der Waals surface area contributed by atoms with Gasteiger partial charge in [0.25, 0.3) is 0 Å². The molecular formula is C28H26ClNO6. The van der Waals surface area contributed by atoms with Crippen molar-refractivity contribution in [1.82, 2.24) is 4.90 Å². The van der Waals surface area contributed by atoms with E-state index in [0.717, 1.165) is 29.3 Å². The third-order valence-corrected chi connectivity index (χ3v) is 6.55. The molecule has 2 aliphatic rings. The number of carbonyl (C=O) groups excluding carboxylic acids is 1. The van der Waals surface area contributed by atoms with Crippen LogP contribution in [0, 0.1) is 0 Å². The summed E-state index contributed by atoms with van der Waals surface area (Å²) in [7, 11) is 4.64. The van der Waals surface area contributed by atoms with Crippen LogP contribution >= 0.6 is 11.6 Å². The molecule has 186 valence electrons. The summed E-state index contributed by atoms with van der Waals surface area (Å²) in [5.74, 6) is 2.80. The first-order valence-electron chi connectivity index (χ1n) is 11.5. The van der Waals surface area contributed by atoms with Crippen molar-refractivity contribution in [2.45, 2.75) is 13.0 Å². The molecule has 0 N–H and O–H groups in total. The molecule has 0 saturated heterocycles. The first kappa shape index (κ1) is 24.0. The number of hydrogen-bond acceptors (Lipinski definition) is 7. The molecule has 2 heterocycles. The highest BCUT2D eigenvalue weighted by Gasteiger charge is 2.33. The second kappa shape index (κ2) is 10.1. The lowest BCUT2D eigenvalue weighted by Crippen LogP contribution is -2.33. The van der Waals surface area contributed by atoms with Gasteiger partial charge >= 0.3 is 0 Å². The zero-order chi connectivity index (χ0) is 25.2. The molecule has 3 aromatic carbocycles. The lowest BCUT2D eigenvalue weighted by atomic mass is 10.0. The van der Waals surface area contributed by atoms with Crippen LogP contribution in [0.5, 0.6) is 28.7 Å². The van der Waals surface area contributed by atoms with Crippen molar-refractivity contribution in [1.29, 1.82) is 0 Å². The molecule has 36 heavy (non-hydrogen) atoms. The normalized spacial score (nSPS) is 15.7. The van der Waals surface area contributed by atoms with Crippen LogP contribution in [0.4, 0.5) is 0 Å². The highest BCUT2D eigenvalue weighted by atomic mass is 35.5. The van der Waals surface area contributed by atoms with Crippen LogP contribution in [0.3, 0.4) is 0 Å². The summed E-state index contributed by atoms with van der Waals surface area (Å²) < 4.78 is 28.4. The van der Waals surface area contributed by atoms with Gasteiger partial charge in [0.2, 0.25) is 11.5 Å². The lowest BCUT2D eigenvalue weighted by molar-refractivity contribution is 0.0950. The number of ketones is 1. The molecule has 2 aliphatic heterocycles. The zero-order valence-corrected chi connectivity index (χ0v) is 21.1. The second-order valence-electron chi connectivity index (χ2n) is 8.52. The Kier molecular flexibility index (Phi) is 6.76. The summed E-state index contributed by atoms with van der Waals surface area (Å²) in [4.78, 5) is 15.4. The molecule has 5 rings (SSSR count). The Bertz CT molecular complexity index is 1310. The summed E-state index contributed by atoms with van der Waals surface area (Å²) >= 11 is 5.99. The van der Waals surface area contributed by atoms with Gasteiger partial charge in [0.15, 0.2) is 17.3 Å². The molecule has 0 aliphatic carbocycles. The molecule has 0 bridgehead atoms. The highest BCUT2D eigenvalue weighted by molar-refractivity contribution is 6.30. The van der Waals surface area contributed by atoms with Gasteiger partial charge in [0.05, 0.1) is 32.5 Å². The minimum absolute atomic E-state index is 0.181. The van der Waals surface area contributed by atoms with E-state index in [4.69, 9.17) is 35.3 Å². The molecule has 0 atom stereocenters. The maximum absolute atomic E-state index is 13.2. The van der Waals surface area contributed by atoms with Gasteiger partial charge in [0.1, 0.15) is 18.2 Å². The Labute approximate surface area is 214 Å². The van der Waals surface area contributed by atoms with Gasteiger partial charge in [-0.05, 0) is 60.0 Å². The quantitative estimate of drug-likeness (QED) is 0.398. The van der Waals surface area contributed by atoms with E-state index < -0.39 is 0 Å². The molecule has 7 nitrogen and oxygen atoms in total. The predicted molar refractivity (Wildman–Crippen MR) is 137 cm³/mol. The Balaban J connectivity index is 1.38. The fourth-order valence-corrected chi connectivity index (χ4v) is 4.55. The van der Waals surface area contributed by atoms with Crippen molar-refractivity contribution in [3.8, 4) is 28.7 Å². The van der Waals surface area contributed by atoms with Crippen LogP contribution in [0.2, 0.25) is 5.02 Å². The summed E-state index contributed by atoms with van der Waals surface area (Å²) in [5.41, 5.74) is 3.29. The standard InChI is InChI=1S/C28H26ClNO6/c1-32-24-13-18(14-25(33-2)28(24)34-3)12-23-26(31)20-8-9-22-21(27(20)36-23)15-30(16-35-22)11-10-17-4-6-19(29)7-5-17/h4-9,12-14H,10-11,15-16H2,1-3H3/b23-12-. The van der Waals surface area contributed by atoms with Gasteiger partial charge in [-0.15, -0.1) is 0 Å². The molecule has 0 spiro atoms. The number of halogens is 1. The van der Waals surface area contributed by atoms with Crippen LogP contribution < -0.4 is 23.7 Å². The third-order valence-electron chi connectivity index (χ3n) is 6.30. The maximum Gasteiger partial charge on any atom is 0.231 e. The van der Waals surface area contributed by atoms with E-state index in [9.17, 15) is 4.79 Å². The van der Waals surface area contributed by atoms with Crippen molar-refractivity contribution in [3.05, 3.63) is 81.6 Å². The Morgan fingerprint density at radius 2 is 1.72 bits per heavy atom. The number of carbonyl (C=O) groups is 1. The van der Waals surface area contributed by atoms with Crippen LogP contribution in [-0.4, -0.2) is 45.3 Å². The highest BCUT2D eigenvalue weighted by Crippen LogP contribution is 2.43. The van der Waals surface area contributed by atoms with Crippen molar-refractivity contribution in [3.63, 3.8) is 0 Å². The van der Waals surface area contributed by atoms with Gasteiger partial charge in [-0.2, -0.15) is 0 Å². The minimum Gasteiger partial charge on any atom is -0.493 e. The first-order valence-corrected chi connectivity index (χ1v) is 11.9. The number of rotatable bonds is 7. The topological polar surface area (TPSA) is 66.5 Å². The van der Waals surface area contributed by atoms with Crippen molar-refractivity contribution in [2.75, 3.05) is 34.6 Å².